The quantitative estimate of drug-likeness (QED) is 0.553. The van der Waals surface area contributed by atoms with Gasteiger partial charge in [0, 0.05) is 20.6 Å². The van der Waals surface area contributed by atoms with Gasteiger partial charge in [-0.1, -0.05) is 53.7 Å². The Hall–Kier alpha value is -0.760. The van der Waals surface area contributed by atoms with Crippen LogP contribution in [0.5, 0.6) is 0 Å². The summed E-state index contributed by atoms with van der Waals surface area (Å²) in [6.07, 6.45) is 0. The molecule has 0 saturated carbocycles. The molecule has 0 aliphatic carbocycles. The normalized spacial score (nSPS) is 12.6. The van der Waals surface area contributed by atoms with Gasteiger partial charge in [-0.15, -0.1) is 11.8 Å². The van der Waals surface area contributed by atoms with Gasteiger partial charge < -0.3 is 0 Å². The highest BCUT2D eigenvalue weighted by Crippen LogP contribution is 2.32. The Kier molecular flexibility index (Phi) is 4.08. The molecule has 94 valence electrons. The van der Waals surface area contributed by atoms with E-state index < -0.39 is 0 Å². The van der Waals surface area contributed by atoms with Crippen LogP contribution in [0.1, 0.15) is 51.9 Å². The van der Waals surface area contributed by atoms with Gasteiger partial charge in [0.15, 0.2) is 5.78 Å². The maximum absolute atomic E-state index is 12.1. The van der Waals surface area contributed by atoms with Crippen LogP contribution in [0.2, 0.25) is 0 Å². The minimum absolute atomic E-state index is 0.199. The summed E-state index contributed by atoms with van der Waals surface area (Å²) in [6.45, 7) is 12.4. The zero-order valence-corrected chi connectivity index (χ0v) is 12.4. The summed E-state index contributed by atoms with van der Waals surface area (Å²) in [5.74, 6) is 0.199. The van der Waals surface area contributed by atoms with Gasteiger partial charge in [-0.25, -0.2) is 0 Å². The van der Waals surface area contributed by atoms with E-state index in [4.69, 9.17) is 0 Å². The summed E-state index contributed by atoms with van der Waals surface area (Å²) in [4.78, 5) is 13.3. The van der Waals surface area contributed by atoms with Gasteiger partial charge in [-0.05, 0) is 12.1 Å². The first kappa shape index (κ1) is 14.3. The second-order valence-electron chi connectivity index (χ2n) is 6.32. The lowest BCUT2D eigenvalue weighted by Crippen LogP contribution is -2.20. The first-order chi connectivity index (χ1) is 7.59. The number of hydrogen-bond donors (Lipinski definition) is 0. The topological polar surface area (TPSA) is 17.1 Å². The second-order valence-corrected chi connectivity index (χ2v) is 8.22. The number of Topliss-reactive ketones (excluding diaryl/α,β-unsaturated/α-hetero) is 1. The highest BCUT2D eigenvalue weighted by atomic mass is 32.2. The maximum atomic E-state index is 12.1. The van der Waals surface area contributed by atoms with E-state index >= 15 is 0 Å². The minimum atomic E-state index is -0.307. The molecule has 2 heteroatoms. The summed E-state index contributed by atoms with van der Waals surface area (Å²) in [5, 5.41) is 0. The summed E-state index contributed by atoms with van der Waals surface area (Å²) >= 11 is 1.82. The van der Waals surface area contributed by atoms with Gasteiger partial charge >= 0.3 is 0 Å². The molecule has 0 N–H and O–H groups in total. The van der Waals surface area contributed by atoms with E-state index in [1.165, 1.54) is 4.90 Å². The third-order valence-electron chi connectivity index (χ3n) is 2.22. The van der Waals surface area contributed by atoms with Gasteiger partial charge in [0.1, 0.15) is 0 Å². The molecular weight excluding hydrogens is 228 g/mol. The van der Waals surface area contributed by atoms with Crippen molar-refractivity contribution in [2.45, 2.75) is 51.2 Å². The Labute approximate surface area is 109 Å². The van der Waals surface area contributed by atoms with Crippen LogP contribution < -0.4 is 0 Å². The molecule has 0 bridgehead atoms. The highest BCUT2D eigenvalue weighted by Gasteiger charge is 2.22. The fourth-order valence-electron chi connectivity index (χ4n) is 1.46. The molecule has 0 atom stereocenters. The molecule has 0 amide bonds. The predicted octanol–water partition coefficient (Wildman–Crippen LogP) is 4.81. The molecule has 1 nitrogen and oxygen atoms in total. The summed E-state index contributed by atoms with van der Waals surface area (Å²) < 4.78 is 0.204. The van der Waals surface area contributed by atoms with E-state index in [0.29, 0.717) is 0 Å². The number of carbonyl (C=O) groups excluding carboxylic acids is 1. The van der Waals surface area contributed by atoms with Crippen LogP contribution in [0.4, 0.5) is 0 Å². The van der Waals surface area contributed by atoms with Crippen molar-refractivity contribution >= 4 is 17.5 Å². The van der Waals surface area contributed by atoms with Crippen LogP contribution in [0.25, 0.3) is 0 Å². The van der Waals surface area contributed by atoms with Crippen LogP contribution in [-0.2, 0) is 0 Å². The molecular formula is C15H22OS. The third-order valence-corrected chi connectivity index (χ3v) is 3.34. The fraction of sp³-hybridized carbons (Fsp3) is 0.533. The molecule has 1 aromatic rings. The number of carbonyl (C=O) groups is 1. The zero-order valence-electron chi connectivity index (χ0n) is 11.6. The van der Waals surface area contributed by atoms with Gasteiger partial charge in [0.25, 0.3) is 0 Å². The average Bonchev–Trinajstić information content (AvgIpc) is 2.14. The van der Waals surface area contributed by atoms with E-state index in [0.717, 1.165) is 5.56 Å². The van der Waals surface area contributed by atoms with Crippen LogP contribution in [0.3, 0.4) is 0 Å². The molecule has 0 fully saturated rings. The number of thioether (sulfide) groups is 1. The molecule has 0 aromatic heterocycles. The van der Waals surface area contributed by atoms with Crippen LogP contribution in [-0.4, -0.2) is 10.5 Å². The Balaban J connectivity index is 2.86. The van der Waals surface area contributed by atoms with Gasteiger partial charge in [0.05, 0.1) is 0 Å². The van der Waals surface area contributed by atoms with E-state index in [9.17, 15) is 4.79 Å². The van der Waals surface area contributed by atoms with Gasteiger partial charge in [-0.3, -0.25) is 4.79 Å². The van der Waals surface area contributed by atoms with Crippen molar-refractivity contribution in [2.24, 2.45) is 5.41 Å². The monoisotopic (exact) mass is 250 g/mol. The van der Waals surface area contributed by atoms with Crippen molar-refractivity contribution in [3.63, 3.8) is 0 Å². The van der Waals surface area contributed by atoms with Crippen molar-refractivity contribution in [1.82, 2.24) is 0 Å². The molecule has 17 heavy (non-hydrogen) atoms. The molecule has 0 saturated heterocycles. The Morgan fingerprint density at radius 1 is 0.941 bits per heavy atom. The van der Waals surface area contributed by atoms with Crippen molar-refractivity contribution < 1.29 is 4.79 Å². The number of ketones is 1. The largest absolute Gasteiger partial charge is 0.294 e. The first-order valence-corrected chi connectivity index (χ1v) is 6.75. The summed E-state index contributed by atoms with van der Waals surface area (Å²) in [5.41, 5.74) is 0.495. The lowest BCUT2D eigenvalue weighted by Gasteiger charge is -2.19. The Bertz CT molecular complexity index is 390. The molecule has 0 unspecified atom stereocenters. The Morgan fingerprint density at radius 3 is 1.76 bits per heavy atom. The smallest absolute Gasteiger partial charge is 0.168 e. The van der Waals surface area contributed by atoms with Gasteiger partial charge in [0.2, 0.25) is 0 Å². The second kappa shape index (κ2) is 4.85. The van der Waals surface area contributed by atoms with Crippen LogP contribution in [0.15, 0.2) is 29.2 Å². The molecule has 0 aliphatic heterocycles. The molecule has 0 aliphatic rings. The van der Waals surface area contributed by atoms with Crippen molar-refractivity contribution in [3.8, 4) is 0 Å². The molecule has 1 aromatic carbocycles. The van der Waals surface area contributed by atoms with Gasteiger partial charge in [-0.2, -0.15) is 0 Å². The first-order valence-electron chi connectivity index (χ1n) is 5.93. The highest BCUT2D eigenvalue weighted by molar-refractivity contribution is 8.00. The standard InChI is InChI=1S/C15H22OS/c1-14(2,3)13(16)11-7-9-12(10-8-11)17-15(4,5)6/h7-10H,1-6H3. The number of hydrogen-bond acceptors (Lipinski definition) is 2. The number of benzene rings is 1. The molecule has 0 spiro atoms. The van der Waals surface area contributed by atoms with E-state index in [1.807, 2.05) is 56.8 Å². The van der Waals surface area contributed by atoms with E-state index in [2.05, 4.69) is 20.8 Å². The lowest BCUT2D eigenvalue weighted by molar-refractivity contribution is 0.0858. The lowest BCUT2D eigenvalue weighted by atomic mass is 9.87. The third kappa shape index (κ3) is 4.55. The number of rotatable bonds is 2. The molecule has 1 rings (SSSR count). The van der Waals surface area contributed by atoms with E-state index in [1.54, 1.807) is 0 Å². The summed E-state index contributed by atoms with van der Waals surface area (Å²) in [7, 11) is 0. The Morgan fingerprint density at radius 2 is 1.41 bits per heavy atom. The molecule has 0 heterocycles. The average molecular weight is 250 g/mol. The summed E-state index contributed by atoms with van der Waals surface area (Å²) in [6, 6.07) is 7.94. The SMILES string of the molecule is CC(C)(C)Sc1ccc(C(=O)C(C)(C)C)cc1. The maximum Gasteiger partial charge on any atom is 0.168 e. The van der Waals surface area contributed by atoms with Crippen LogP contribution >= 0.6 is 11.8 Å². The van der Waals surface area contributed by atoms with Crippen molar-refractivity contribution in [2.75, 3.05) is 0 Å². The molecule has 0 radical (unpaired) electrons. The predicted molar refractivity (Wildman–Crippen MR) is 75.8 cm³/mol. The van der Waals surface area contributed by atoms with Crippen LogP contribution in [0, 0.1) is 5.41 Å². The minimum Gasteiger partial charge on any atom is -0.294 e. The van der Waals surface area contributed by atoms with E-state index in [-0.39, 0.29) is 15.9 Å². The van der Waals surface area contributed by atoms with Crippen molar-refractivity contribution in [1.29, 1.82) is 0 Å². The zero-order chi connectivity index (χ0) is 13.3. The van der Waals surface area contributed by atoms with Crippen molar-refractivity contribution in [3.05, 3.63) is 29.8 Å². The fourth-order valence-corrected chi connectivity index (χ4v) is 2.44.